The van der Waals surface area contributed by atoms with E-state index in [4.69, 9.17) is 0 Å². The topological polar surface area (TPSA) is 35.6 Å². The van der Waals surface area contributed by atoms with Crippen LogP contribution >= 0.6 is 24.8 Å². The molecule has 1 atom stereocenters. The highest BCUT2D eigenvalue weighted by atomic mass is 35.5. The van der Waals surface area contributed by atoms with Gasteiger partial charge in [-0.25, -0.2) is 0 Å². The predicted molar refractivity (Wildman–Crippen MR) is 78.8 cm³/mol. The number of piperazine rings is 1. The molecule has 2 aliphatic rings. The van der Waals surface area contributed by atoms with E-state index in [-0.39, 0.29) is 30.9 Å². The van der Waals surface area contributed by atoms with Crippen molar-refractivity contribution in [1.82, 2.24) is 15.1 Å². The normalized spacial score (nSPS) is 24.6. The van der Waals surface area contributed by atoms with Gasteiger partial charge in [0.2, 0.25) is 5.91 Å². The Kier molecular flexibility index (Phi) is 8.19. The first-order chi connectivity index (χ1) is 7.68. The largest absolute Gasteiger partial charge is 0.339 e. The van der Waals surface area contributed by atoms with Crippen LogP contribution in [0.25, 0.3) is 0 Å². The summed E-state index contributed by atoms with van der Waals surface area (Å²) in [6, 6.07) is 0.701. The van der Waals surface area contributed by atoms with Crippen molar-refractivity contribution in [2.45, 2.75) is 38.8 Å². The maximum Gasteiger partial charge on any atom is 0.239 e. The van der Waals surface area contributed by atoms with E-state index in [1.54, 1.807) is 0 Å². The average molecular weight is 298 g/mol. The molecule has 0 radical (unpaired) electrons. The second-order valence-corrected chi connectivity index (χ2v) is 5.10. The standard InChI is InChI=1S/C12H23N3O.2ClH/c1-10(2)14-6-8-15(9-7-14)12(16)11-4-3-5-13-11;;/h10-11,13H,3-9H2,1-2H3;2*1H/t11-;;/m0../s1. The SMILES string of the molecule is CC(C)N1CCN(C(=O)[C@@H]2CCCN2)CC1.Cl.Cl. The number of carbonyl (C=O) groups excluding carboxylic acids is 1. The number of rotatable bonds is 2. The molecule has 0 aromatic carbocycles. The lowest BCUT2D eigenvalue weighted by molar-refractivity contribution is -0.135. The lowest BCUT2D eigenvalue weighted by Gasteiger charge is -2.37. The lowest BCUT2D eigenvalue weighted by atomic mass is 10.1. The van der Waals surface area contributed by atoms with E-state index in [0.29, 0.717) is 11.9 Å². The molecule has 1 amide bonds. The first-order valence-electron chi connectivity index (χ1n) is 6.44. The Morgan fingerprint density at radius 2 is 1.78 bits per heavy atom. The number of carbonyl (C=O) groups is 1. The maximum absolute atomic E-state index is 12.1. The van der Waals surface area contributed by atoms with E-state index >= 15 is 0 Å². The van der Waals surface area contributed by atoms with E-state index < -0.39 is 0 Å². The van der Waals surface area contributed by atoms with Crippen LogP contribution in [0, 0.1) is 0 Å². The fourth-order valence-corrected chi connectivity index (χ4v) is 2.57. The molecule has 18 heavy (non-hydrogen) atoms. The van der Waals surface area contributed by atoms with Crippen LogP contribution in [-0.2, 0) is 4.79 Å². The molecule has 108 valence electrons. The van der Waals surface area contributed by atoms with Crippen molar-refractivity contribution < 1.29 is 4.79 Å². The van der Waals surface area contributed by atoms with Crippen LogP contribution in [0.1, 0.15) is 26.7 Å². The predicted octanol–water partition coefficient (Wildman–Crippen LogP) is 1.13. The molecule has 2 heterocycles. The molecule has 0 bridgehead atoms. The van der Waals surface area contributed by atoms with E-state index in [9.17, 15) is 4.79 Å². The molecule has 2 fully saturated rings. The van der Waals surface area contributed by atoms with E-state index in [1.165, 1.54) is 0 Å². The number of hydrogen-bond donors (Lipinski definition) is 1. The Hall–Kier alpha value is -0.0300. The summed E-state index contributed by atoms with van der Waals surface area (Å²) in [5.41, 5.74) is 0. The van der Waals surface area contributed by atoms with Crippen molar-refractivity contribution >= 4 is 30.7 Å². The summed E-state index contributed by atoms with van der Waals surface area (Å²) in [7, 11) is 0. The number of hydrogen-bond acceptors (Lipinski definition) is 3. The van der Waals surface area contributed by atoms with Gasteiger partial charge >= 0.3 is 0 Å². The van der Waals surface area contributed by atoms with E-state index in [2.05, 4.69) is 24.1 Å². The molecule has 6 heteroatoms. The first-order valence-corrected chi connectivity index (χ1v) is 6.44. The van der Waals surface area contributed by atoms with Crippen molar-refractivity contribution in [3.8, 4) is 0 Å². The number of amides is 1. The van der Waals surface area contributed by atoms with Crippen molar-refractivity contribution in [1.29, 1.82) is 0 Å². The summed E-state index contributed by atoms with van der Waals surface area (Å²) in [5, 5.41) is 3.28. The zero-order valence-corrected chi connectivity index (χ0v) is 12.9. The van der Waals surface area contributed by atoms with Gasteiger partial charge in [-0.05, 0) is 33.2 Å². The highest BCUT2D eigenvalue weighted by Crippen LogP contribution is 2.12. The highest BCUT2D eigenvalue weighted by molar-refractivity contribution is 5.85. The second-order valence-electron chi connectivity index (χ2n) is 5.10. The van der Waals surface area contributed by atoms with Gasteiger partial charge < -0.3 is 10.2 Å². The van der Waals surface area contributed by atoms with Crippen LogP contribution in [0.15, 0.2) is 0 Å². The molecule has 0 aromatic rings. The maximum atomic E-state index is 12.1. The zero-order valence-electron chi connectivity index (χ0n) is 11.2. The summed E-state index contributed by atoms with van der Waals surface area (Å²) in [5.74, 6) is 0.320. The van der Waals surface area contributed by atoms with Crippen LogP contribution in [0.2, 0.25) is 0 Å². The number of nitrogens with one attached hydrogen (secondary N) is 1. The van der Waals surface area contributed by atoms with Crippen LogP contribution < -0.4 is 5.32 Å². The summed E-state index contributed by atoms with van der Waals surface area (Å²) >= 11 is 0. The van der Waals surface area contributed by atoms with Gasteiger partial charge in [-0.1, -0.05) is 0 Å². The van der Waals surface area contributed by atoms with Gasteiger partial charge in [0, 0.05) is 32.2 Å². The molecule has 2 rings (SSSR count). The number of nitrogens with zero attached hydrogens (tertiary/aromatic N) is 2. The highest BCUT2D eigenvalue weighted by Gasteiger charge is 2.29. The molecule has 0 saturated carbocycles. The van der Waals surface area contributed by atoms with Crippen molar-refractivity contribution in [3.05, 3.63) is 0 Å². The summed E-state index contributed by atoms with van der Waals surface area (Å²) < 4.78 is 0. The minimum absolute atomic E-state index is 0. The summed E-state index contributed by atoms with van der Waals surface area (Å²) in [6.45, 7) is 9.28. The fourth-order valence-electron chi connectivity index (χ4n) is 2.57. The van der Waals surface area contributed by atoms with Crippen molar-refractivity contribution in [2.24, 2.45) is 0 Å². The molecule has 0 aliphatic carbocycles. The van der Waals surface area contributed by atoms with Crippen molar-refractivity contribution in [3.63, 3.8) is 0 Å². The monoisotopic (exact) mass is 297 g/mol. The Morgan fingerprint density at radius 3 is 2.22 bits per heavy atom. The zero-order chi connectivity index (χ0) is 11.5. The van der Waals surface area contributed by atoms with Gasteiger partial charge in [0.05, 0.1) is 6.04 Å². The smallest absolute Gasteiger partial charge is 0.239 e. The Labute approximate surface area is 122 Å². The van der Waals surface area contributed by atoms with E-state index in [0.717, 1.165) is 45.6 Å². The van der Waals surface area contributed by atoms with E-state index in [1.807, 2.05) is 4.90 Å². The third-order valence-electron chi connectivity index (χ3n) is 3.71. The third kappa shape index (κ3) is 4.26. The Bertz CT molecular complexity index is 250. The Balaban J connectivity index is 0.00000144. The van der Waals surface area contributed by atoms with Crippen LogP contribution in [0.4, 0.5) is 0 Å². The minimum Gasteiger partial charge on any atom is -0.339 e. The molecule has 2 aliphatic heterocycles. The minimum atomic E-state index is 0. The van der Waals surface area contributed by atoms with Gasteiger partial charge in [0.1, 0.15) is 0 Å². The van der Waals surface area contributed by atoms with Gasteiger partial charge in [-0.3, -0.25) is 9.69 Å². The summed E-state index contributed by atoms with van der Waals surface area (Å²) in [6.07, 6.45) is 2.16. The lowest BCUT2D eigenvalue weighted by Crippen LogP contribution is -2.54. The molecule has 0 unspecified atom stereocenters. The van der Waals surface area contributed by atoms with Gasteiger partial charge in [0.25, 0.3) is 0 Å². The molecular weight excluding hydrogens is 273 g/mol. The average Bonchev–Trinajstić information content (AvgIpc) is 2.81. The molecule has 2 saturated heterocycles. The van der Waals surface area contributed by atoms with Crippen molar-refractivity contribution in [2.75, 3.05) is 32.7 Å². The molecule has 1 N–H and O–H groups in total. The van der Waals surface area contributed by atoms with Crippen LogP contribution in [0.3, 0.4) is 0 Å². The summed E-state index contributed by atoms with van der Waals surface area (Å²) in [4.78, 5) is 16.6. The Morgan fingerprint density at radius 1 is 1.17 bits per heavy atom. The number of halogens is 2. The first kappa shape index (κ1) is 18.0. The van der Waals surface area contributed by atoms with Gasteiger partial charge in [-0.2, -0.15) is 0 Å². The fraction of sp³-hybridized carbons (Fsp3) is 0.917. The molecule has 0 spiro atoms. The second kappa shape index (κ2) is 8.20. The van der Waals surface area contributed by atoms with Gasteiger partial charge in [-0.15, -0.1) is 24.8 Å². The molecule has 4 nitrogen and oxygen atoms in total. The van der Waals surface area contributed by atoms with Crippen LogP contribution in [-0.4, -0.2) is 60.5 Å². The molecular formula is C12H25Cl2N3O. The van der Waals surface area contributed by atoms with Crippen LogP contribution in [0.5, 0.6) is 0 Å². The molecule has 0 aromatic heterocycles. The third-order valence-corrected chi connectivity index (χ3v) is 3.71. The van der Waals surface area contributed by atoms with Gasteiger partial charge in [0.15, 0.2) is 0 Å². The quantitative estimate of drug-likeness (QED) is 0.830.